The molecular formula is C24H18N6O4S. The van der Waals surface area contributed by atoms with E-state index in [0.717, 1.165) is 5.39 Å². The summed E-state index contributed by atoms with van der Waals surface area (Å²) in [5.74, 6) is -1.01. The number of carbonyl (C=O) groups is 2. The van der Waals surface area contributed by atoms with Gasteiger partial charge in [0.05, 0.1) is 16.1 Å². The smallest absolute Gasteiger partial charge is 0.269 e. The first kappa shape index (κ1) is 22.2. The highest BCUT2D eigenvalue weighted by atomic mass is 32.2. The van der Waals surface area contributed by atoms with Gasteiger partial charge in [-0.15, -0.1) is 0 Å². The van der Waals surface area contributed by atoms with E-state index in [2.05, 4.69) is 15.4 Å². The molecular weight excluding hydrogens is 468 g/mol. The first-order chi connectivity index (χ1) is 16.7. The normalized spacial score (nSPS) is 11.6. The number of nitrogens with two attached hydrogens (primary N) is 2. The largest absolute Gasteiger partial charge is 0.364 e. The van der Waals surface area contributed by atoms with Crippen molar-refractivity contribution >= 4 is 49.2 Å². The molecule has 0 saturated carbocycles. The number of nitrogens with zero attached hydrogens (tertiary/aromatic N) is 3. The van der Waals surface area contributed by atoms with E-state index in [0.29, 0.717) is 33.2 Å². The molecule has 0 aliphatic rings. The predicted octanol–water partition coefficient (Wildman–Crippen LogP) is 2.57. The van der Waals surface area contributed by atoms with E-state index in [9.17, 15) is 18.0 Å². The van der Waals surface area contributed by atoms with Crippen molar-refractivity contribution < 1.29 is 18.0 Å². The van der Waals surface area contributed by atoms with Gasteiger partial charge in [-0.2, -0.15) is 5.10 Å². The second-order valence-corrected chi connectivity index (χ2v) is 9.31. The van der Waals surface area contributed by atoms with E-state index in [1.165, 1.54) is 41.3 Å². The Kier molecular flexibility index (Phi) is 5.27. The summed E-state index contributed by atoms with van der Waals surface area (Å²) in [6, 6.07) is 17.9. The highest BCUT2D eigenvalue weighted by molar-refractivity contribution is 7.89. The SMILES string of the molecule is NC(=O)c1nn(-c2ccc(S(N)(=O)=O)cc2)c2c1ccc1ccc(NC(=O)c3ccncc3)cc12. The molecule has 174 valence electrons. The molecule has 0 bridgehead atoms. The Morgan fingerprint density at radius 1 is 0.886 bits per heavy atom. The molecule has 0 aliphatic heterocycles. The van der Waals surface area contributed by atoms with Crippen LogP contribution in [0.4, 0.5) is 5.69 Å². The zero-order valence-corrected chi connectivity index (χ0v) is 18.9. The number of nitrogens with one attached hydrogen (secondary N) is 1. The number of sulfonamides is 1. The number of primary sulfonamides is 1. The van der Waals surface area contributed by atoms with Gasteiger partial charge in [-0.25, -0.2) is 18.2 Å². The molecule has 0 atom stereocenters. The minimum Gasteiger partial charge on any atom is -0.364 e. The lowest BCUT2D eigenvalue weighted by Crippen LogP contribution is -2.13. The average molecular weight is 487 g/mol. The second kappa shape index (κ2) is 8.31. The first-order valence-corrected chi connectivity index (χ1v) is 11.9. The Morgan fingerprint density at radius 3 is 2.23 bits per heavy atom. The summed E-state index contributed by atoms with van der Waals surface area (Å²) in [7, 11) is -3.88. The fraction of sp³-hybridized carbons (Fsp3) is 0. The van der Waals surface area contributed by atoms with Crippen LogP contribution in [0.25, 0.3) is 27.4 Å². The maximum atomic E-state index is 12.6. The summed E-state index contributed by atoms with van der Waals surface area (Å²) in [4.78, 5) is 28.6. The van der Waals surface area contributed by atoms with Crippen molar-refractivity contribution in [3.63, 3.8) is 0 Å². The molecule has 0 fully saturated rings. The fourth-order valence-corrected chi connectivity index (χ4v) is 4.37. The maximum absolute atomic E-state index is 12.6. The van der Waals surface area contributed by atoms with Crippen LogP contribution in [-0.4, -0.2) is 35.0 Å². The summed E-state index contributed by atoms with van der Waals surface area (Å²) >= 11 is 0. The highest BCUT2D eigenvalue weighted by Gasteiger charge is 2.19. The van der Waals surface area contributed by atoms with Crippen LogP contribution in [0.15, 0.2) is 84.0 Å². The number of hydrogen-bond donors (Lipinski definition) is 3. The van der Waals surface area contributed by atoms with Gasteiger partial charge in [0.25, 0.3) is 11.8 Å². The van der Waals surface area contributed by atoms with Crippen molar-refractivity contribution in [2.24, 2.45) is 10.9 Å². The van der Waals surface area contributed by atoms with Crippen molar-refractivity contribution in [1.82, 2.24) is 14.8 Å². The Hall–Kier alpha value is -4.61. The van der Waals surface area contributed by atoms with E-state index in [1.807, 2.05) is 12.1 Å². The molecule has 2 amide bonds. The molecule has 0 saturated heterocycles. The van der Waals surface area contributed by atoms with Gasteiger partial charge in [-0.05, 0) is 60.0 Å². The summed E-state index contributed by atoms with van der Waals surface area (Å²) in [5.41, 5.74) is 7.69. The van der Waals surface area contributed by atoms with Crippen molar-refractivity contribution in [3.05, 3.63) is 90.4 Å². The van der Waals surface area contributed by atoms with Gasteiger partial charge in [-0.1, -0.05) is 12.1 Å². The lowest BCUT2D eigenvalue weighted by Gasteiger charge is -2.10. The first-order valence-electron chi connectivity index (χ1n) is 10.3. The van der Waals surface area contributed by atoms with E-state index >= 15 is 0 Å². The maximum Gasteiger partial charge on any atom is 0.269 e. The Morgan fingerprint density at radius 2 is 1.57 bits per heavy atom. The number of rotatable bonds is 5. The molecule has 2 heterocycles. The van der Waals surface area contributed by atoms with Crippen molar-refractivity contribution in [2.45, 2.75) is 4.90 Å². The van der Waals surface area contributed by atoms with E-state index < -0.39 is 15.9 Å². The summed E-state index contributed by atoms with van der Waals surface area (Å²) in [5, 5.41) is 14.5. The molecule has 0 aliphatic carbocycles. The lowest BCUT2D eigenvalue weighted by molar-refractivity contribution is 0.0994. The number of carbonyl (C=O) groups excluding carboxylic acids is 2. The van der Waals surface area contributed by atoms with Crippen molar-refractivity contribution in [1.29, 1.82) is 0 Å². The van der Waals surface area contributed by atoms with Crippen LogP contribution >= 0.6 is 0 Å². The van der Waals surface area contributed by atoms with Gasteiger partial charge in [0, 0.05) is 34.4 Å². The number of pyridine rings is 1. The van der Waals surface area contributed by atoms with Crippen molar-refractivity contribution in [3.8, 4) is 5.69 Å². The monoisotopic (exact) mass is 486 g/mol. The van der Waals surface area contributed by atoms with Crippen LogP contribution in [0.5, 0.6) is 0 Å². The fourth-order valence-electron chi connectivity index (χ4n) is 3.86. The average Bonchev–Trinajstić information content (AvgIpc) is 3.25. The molecule has 5 rings (SSSR count). The Bertz CT molecular complexity index is 1730. The number of fused-ring (bicyclic) bond motifs is 3. The number of hydrogen-bond acceptors (Lipinski definition) is 6. The summed E-state index contributed by atoms with van der Waals surface area (Å²) in [6.45, 7) is 0. The van der Waals surface area contributed by atoms with E-state index in [4.69, 9.17) is 10.9 Å². The minimum absolute atomic E-state index is 0.0567. The standard InChI is InChI=1S/C24H18N6O4S/c25-23(31)21-19-8-2-14-1-3-16(28-24(32)15-9-11-27-12-10-15)13-20(14)22(19)30(29-21)17-4-6-18(7-5-17)35(26,33)34/h1-13H,(H2,25,31)(H,28,32)(H2,26,33,34). The van der Waals surface area contributed by atoms with E-state index in [-0.39, 0.29) is 16.5 Å². The second-order valence-electron chi connectivity index (χ2n) is 7.75. The third-order valence-corrected chi connectivity index (χ3v) is 6.43. The predicted molar refractivity (Wildman–Crippen MR) is 131 cm³/mol. The molecule has 10 nitrogen and oxygen atoms in total. The molecule has 5 aromatic rings. The van der Waals surface area contributed by atoms with E-state index in [1.54, 1.807) is 30.3 Å². The summed E-state index contributed by atoms with van der Waals surface area (Å²) in [6.07, 6.45) is 3.06. The molecule has 11 heteroatoms. The molecule has 0 unspecified atom stereocenters. The summed E-state index contributed by atoms with van der Waals surface area (Å²) < 4.78 is 24.8. The number of primary amides is 1. The molecule has 3 aromatic carbocycles. The van der Waals surface area contributed by atoms with Gasteiger partial charge in [0.1, 0.15) is 0 Å². The number of amides is 2. The zero-order valence-electron chi connectivity index (χ0n) is 18.0. The van der Waals surface area contributed by atoms with Crippen LogP contribution < -0.4 is 16.2 Å². The van der Waals surface area contributed by atoms with Gasteiger partial charge in [0.15, 0.2) is 5.69 Å². The molecule has 5 N–H and O–H groups in total. The van der Waals surface area contributed by atoms with Gasteiger partial charge in [0.2, 0.25) is 10.0 Å². The van der Waals surface area contributed by atoms with Gasteiger partial charge in [-0.3, -0.25) is 14.6 Å². The molecule has 0 radical (unpaired) electrons. The molecule has 35 heavy (non-hydrogen) atoms. The minimum atomic E-state index is -3.88. The van der Waals surface area contributed by atoms with Crippen LogP contribution in [0, 0.1) is 0 Å². The third kappa shape index (κ3) is 4.09. The quantitative estimate of drug-likeness (QED) is 0.346. The zero-order chi connectivity index (χ0) is 24.7. The van der Waals surface area contributed by atoms with Crippen molar-refractivity contribution in [2.75, 3.05) is 5.32 Å². The lowest BCUT2D eigenvalue weighted by atomic mass is 10.0. The number of aromatic nitrogens is 3. The van der Waals surface area contributed by atoms with Gasteiger partial charge >= 0.3 is 0 Å². The van der Waals surface area contributed by atoms with Crippen LogP contribution in [0.3, 0.4) is 0 Å². The molecule has 0 spiro atoms. The number of anilines is 1. The van der Waals surface area contributed by atoms with Crippen LogP contribution in [0.1, 0.15) is 20.8 Å². The Labute approximate surface area is 199 Å². The molecule has 2 aromatic heterocycles. The third-order valence-electron chi connectivity index (χ3n) is 5.50. The van der Waals surface area contributed by atoms with Crippen LogP contribution in [0.2, 0.25) is 0 Å². The Balaban J connectivity index is 1.69. The van der Waals surface area contributed by atoms with Crippen LogP contribution in [-0.2, 0) is 10.0 Å². The van der Waals surface area contributed by atoms with Gasteiger partial charge < -0.3 is 11.1 Å². The highest BCUT2D eigenvalue weighted by Crippen LogP contribution is 2.32. The topological polar surface area (TPSA) is 163 Å². The number of benzene rings is 3.